The van der Waals surface area contributed by atoms with Crippen LogP contribution in [0.3, 0.4) is 0 Å². The molecule has 8 rings (SSSR count). The van der Waals surface area contributed by atoms with Crippen molar-refractivity contribution in [3.63, 3.8) is 0 Å². The number of ether oxygens (including phenoxy) is 5. The van der Waals surface area contributed by atoms with Gasteiger partial charge in [-0.1, -0.05) is 30.3 Å². The summed E-state index contributed by atoms with van der Waals surface area (Å²) >= 11 is 0. The molecule has 0 spiro atoms. The van der Waals surface area contributed by atoms with Crippen LogP contribution in [0.5, 0.6) is 17.2 Å². The Bertz CT molecular complexity index is 2410. The Kier molecular flexibility index (Phi) is 13.1. The van der Waals surface area contributed by atoms with Crippen LogP contribution < -0.4 is 19.9 Å². The number of methoxy groups -OCH3 is 2. The molecular weight excluding hydrogens is 727 g/mol. The van der Waals surface area contributed by atoms with Crippen LogP contribution >= 0.6 is 0 Å². The largest absolute Gasteiger partial charge is 0.488 e. The normalized spacial score (nSPS) is 11.4. The van der Waals surface area contributed by atoms with Gasteiger partial charge in [0.05, 0.1) is 25.3 Å². The zero-order valence-corrected chi connectivity index (χ0v) is 31.3. The fraction of sp³-hybridized carbons (Fsp3) is 0.156. The molecule has 288 valence electrons. The smallest absolute Gasteiger partial charge is 0.337 e. The number of hydrogen-bond donors (Lipinski definition) is 1. The number of hydrogen-bond acceptors (Lipinski definition) is 12. The van der Waals surface area contributed by atoms with Gasteiger partial charge < -0.3 is 29.4 Å². The number of nitrogens with zero attached hydrogens (tertiary/aromatic N) is 2. The third-order valence-electron chi connectivity index (χ3n) is 9.17. The number of ketones is 1. The first-order chi connectivity index (χ1) is 27.8. The minimum atomic E-state index is -0.379. The van der Waals surface area contributed by atoms with Crippen molar-refractivity contribution in [2.75, 3.05) is 14.2 Å². The van der Waals surface area contributed by atoms with Gasteiger partial charge in [0.1, 0.15) is 30.5 Å². The summed E-state index contributed by atoms with van der Waals surface area (Å²) in [6, 6.07) is 29.1. The third-order valence-corrected chi connectivity index (χ3v) is 9.17. The zero-order valence-electron chi connectivity index (χ0n) is 31.3. The average Bonchev–Trinajstić information content (AvgIpc) is 3.27. The Balaban J connectivity index is 0.000000160. The molecule has 0 atom stereocenters. The molecule has 57 heavy (non-hydrogen) atoms. The maximum absolute atomic E-state index is 12.7. The van der Waals surface area contributed by atoms with Gasteiger partial charge in [-0.15, -0.1) is 0 Å². The molecule has 12 heteroatoms. The van der Waals surface area contributed by atoms with Gasteiger partial charge in [0, 0.05) is 71.6 Å². The average molecular weight is 766 g/mol. The summed E-state index contributed by atoms with van der Waals surface area (Å²) in [5, 5.41) is 0. The minimum Gasteiger partial charge on any atom is -0.488 e. The Hall–Kier alpha value is -7.18. The molecular formula is C45H39N3O9. The molecule has 0 aliphatic carbocycles. The number of rotatable bonds is 9. The van der Waals surface area contributed by atoms with E-state index < -0.39 is 0 Å². The molecule has 4 heterocycles. The number of esters is 2. The highest BCUT2D eigenvalue weighted by Gasteiger charge is 2.20. The van der Waals surface area contributed by atoms with Crippen LogP contribution in [0.1, 0.15) is 59.7 Å². The quantitative estimate of drug-likeness (QED) is 0.0885. The summed E-state index contributed by atoms with van der Waals surface area (Å²) in [4.78, 5) is 53.8. The molecule has 6 aromatic rings. The fourth-order valence-electron chi connectivity index (χ4n) is 6.25. The topological polar surface area (TPSA) is 166 Å². The van der Waals surface area contributed by atoms with Crippen LogP contribution in [0.15, 0.2) is 122 Å². The monoisotopic (exact) mass is 765 g/mol. The maximum Gasteiger partial charge on any atom is 0.337 e. The summed E-state index contributed by atoms with van der Waals surface area (Å²) in [6.45, 7) is 1.78. The number of benzene rings is 4. The van der Waals surface area contributed by atoms with Gasteiger partial charge >= 0.3 is 11.9 Å². The Morgan fingerprint density at radius 1 is 0.667 bits per heavy atom. The second-order valence-electron chi connectivity index (χ2n) is 12.7. The number of aryl methyl sites for hydroxylation is 1. The minimum absolute atomic E-state index is 0.0374. The molecule has 2 N–H and O–H groups in total. The van der Waals surface area contributed by atoms with Gasteiger partial charge in [0.25, 0.3) is 6.47 Å². The molecule has 4 aromatic carbocycles. The maximum atomic E-state index is 12.7. The first kappa shape index (κ1) is 39.5. The summed E-state index contributed by atoms with van der Waals surface area (Å²) in [5.41, 5.74) is 15.2. The molecule has 0 fully saturated rings. The van der Waals surface area contributed by atoms with Gasteiger partial charge in [-0.05, 0) is 89.3 Å². The highest BCUT2D eigenvalue weighted by molar-refractivity contribution is 5.97. The summed E-state index contributed by atoms with van der Waals surface area (Å²) in [7, 11) is 2.71. The van der Waals surface area contributed by atoms with E-state index in [4.69, 9.17) is 24.7 Å². The highest BCUT2D eigenvalue weighted by atomic mass is 16.5. The third kappa shape index (κ3) is 9.74. The van der Waals surface area contributed by atoms with Gasteiger partial charge in [-0.3, -0.25) is 19.6 Å². The Labute approximate surface area is 329 Å². The van der Waals surface area contributed by atoms with Gasteiger partial charge in [0.2, 0.25) is 0 Å². The first-order valence-corrected chi connectivity index (χ1v) is 17.9. The zero-order chi connectivity index (χ0) is 40.1. The second kappa shape index (κ2) is 18.9. The van der Waals surface area contributed by atoms with E-state index >= 15 is 0 Å². The molecule has 2 aromatic heterocycles. The predicted molar refractivity (Wildman–Crippen MR) is 211 cm³/mol. The van der Waals surface area contributed by atoms with Crippen molar-refractivity contribution in [1.29, 1.82) is 0 Å². The SMILES string of the molecule is COC(=O)c1cccc(CCC(=O)c2ccc3c(c2)OCc2cnccc2-3)c1.COC(=O)c1cccc(CN)c1.O=COc1ccc2c(c1)OCc1cnccc1-2. The van der Waals surface area contributed by atoms with Crippen LogP contribution in [0, 0.1) is 0 Å². The van der Waals surface area contributed by atoms with Crippen molar-refractivity contribution in [3.8, 4) is 39.5 Å². The lowest BCUT2D eigenvalue weighted by molar-refractivity contribution is -0.120. The molecule has 0 saturated heterocycles. The molecule has 0 radical (unpaired) electrons. The number of aromatic nitrogens is 2. The number of fused-ring (bicyclic) bond motifs is 6. The van der Waals surface area contributed by atoms with E-state index in [9.17, 15) is 19.2 Å². The van der Waals surface area contributed by atoms with E-state index in [1.807, 2.05) is 48.5 Å². The molecule has 0 amide bonds. The first-order valence-electron chi connectivity index (χ1n) is 17.9. The number of carbonyl (C=O) groups excluding carboxylic acids is 4. The standard InChI is InChI=1S/C23H19NO4.C13H9NO3.C9H11NO2/c1-27-23(26)17-4-2-3-15(11-17)5-8-21(25)16-6-7-20-19-9-10-24-13-18(19)14-28-22(20)12-16;15-8-17-10-1-2-12-11-3-4-14-6-9(11)7-16-13(12)5-10;1-12-9(11)8-4-2-3-7(5-8)6-10/h2-4,6-7,9-13H,5,8,14H2,1H3;1-6,8H,7H2;2-5H,6,10H2,1H3. The van der Waals surface area contributed by atoms with Crippen molar-refractivity contribution in [3.05, 3.63) is 161 Å². The van der Waals surface area contributed by atoms with Crippen molar-refractivity contribution >= 4 is 24.2 Å². The lowest BCUT2D eigenvalue weighted by Gasteiger charge is -2.20. The number of carbonyl (C=O) groups is 4. The highest BCUT2D eigenvalue weighted by Crippen LogP contribution is 2.39. The van der Waals surface area contributed by atoms with Crippen molar-refractivity contribution in [2.24, 2.45) is 5.73 Å². The van der Waals surface area contributed by atoms with Crippen LogP contribution in [-0.2, 0) is 40.4 Å². The van der Waals surface area contributed by atoms with E-state index in [2.05, 4.69) is 14.7 Å². The van der Waals surface area contributed by atoms with E-state index in [1.165, 1.54) is 14.2 Å². The second-order valence-corrected chi connectivity index (χ2v) is 12.7. The van der Waals surface area contributed by atoms with E-state index in [-0.39, 0.29) is 17.7 Å². The van der Waals surface area contributed by atoms with Crippen LogP contribution in [0.2, 0.25) is 0 Å². The lowest BCUT2D eigenvalue weighted by atomic mass is 9.95. The van der Waals surface area contributed by atoms with Crippen LogP contribution in [-0.4, -0.2) is 48.4 Å². The van der Waals surface area contributed by atoms with Crippen LogP contribution in [0.4, 0.5) is 0 Å². The van der Waals surface area contributed by atoms with Crippen molar-refractivity contribution in [2.45, 2.75) is 32.6 Å². The number of pyridine rings is 2. The molecule has 0 unspecified atom stereocenters. The molecule has 12 nitrogen and oxygen atoms in total. The van der Waals surface area contributed by atoms with Gasteiger partial charge in [0.15, 0.2) is 5.78 Å². The van der Waals surface area contributed by atoms with Gasteiger partial charge in [-0.25, -0.2) is 9.59 Å². The predicted octanol–water partition coefficient (Wildman–Crippen LogP) is 7.35. The fourth-order valence-corrected chi connectivity index (χ4v) is 6.25. The molecule has 0 bridgehead atoms. The molecule has 0 saturated carbocycles. The number of Topliss-reactive ketones (excluding diaryl/α,β-unsaturated/α-hetero) is 1. The summed E-state index contributed by atoms with van der Waals surface area (Å²) in [6.07, 6.45) is 8.02. The Morgan fingerprint density at radius 2 is 1.23 bits per heavy atom. The Morgan fingerprint density at radius 3 is 1.81 bits per heavy atom. The van der Waals surface area contributed by atoms with Crippen molar-refractivity contribution < 1.29 is 42.9 Å². The van der Waals surface area contributed by atoms with Crippen LogP contribution in [0.25, 0.3) is 22.3 Å². The number of nitrogens with two attached hydrogens (primary N) is 1. The summed E-state index contributed by atoms with van der Waals surface area (Å²) < 4.78 is 25.5. The van der Waals surface area contributed by atoms with Crippen molar-refractivity contribution in [1.82, 2.24) is 9.97 Å². The van der Waals surface area contributed by atoms with E-state index in [0.29, 0.717) is 61.5 Å². The summed E-state index contributed by atoms with van der Waals surface area (Å²) in [5.74, 6) is 1.26. The van der Waals surface area contributed by atoms with E-state index in [0.717, 1.165) is 56.0 Å². The lowest BCUT2D eigenvalue weighted by Crippen LogP contribution is -2.08. The van der Waals surface area contributed by atoms with Gasteiger partial charge in [-0.2, -0.15) is 0 Å². The van der Waals surface area contributed by atoms with E-state index in [1.54, 1.807) is 73.3 Å². The molecule has 2 aliphatic heterocycles. The molecule has 2 aliphatic rings.